The lowest BCUT2D eigenvalue weighted by Crippen LogP contribution is -2.32. The molecule has 0 aromatic heterocycles. The smallest absolute Gasteiger partial charge is 0.319 e. The van der Waals surface area contributed by atoms with Gasteiger partial charge >= 0.3 is 6.03 Å². The van der Waals surface area contributed by atoms with Crippen molar-refractivity contribution in [3.05, 3.63) is 29.8 Å². The van der Waals surface area contributed by atoms with Crippen LogP contribution in [0.2, 0.25) is 0 Å². The van der Waals surface area contributed by atoms with Crippen LogP contribution in [0.1, 0.15) is 51.6 Å². The number of carbonyl (C=O) groups is 1. The Morgan fingerprint density at radius 1 is 1.29 bits per heavy atom. The van der Waals surface area contributed by atoms with Crippen molar-refractivity contribution >= 4 is 11.7 Å². The third-order valence-corrected chi connectivity index (χ3v) is 4.15. The molecule has 0 aliphatic heterocycles. The standard InChI is InChI=1S/C17H27N3O/c1-4-11-18-13(2)14-5-7-15(8-6-14)20-16(21)19-12-17(3)9-10-17/h5-8,13,18H,4,9-12H2,1-3H3,(H2,19,20,21). The molecule has 0 radical (unpaired) electrons. The van der Waals surface area contributed by atoms with E-state index in [1.54, 1.807) is 0 Å². The minimum Gasteiger partial charge on any atom is -0.337 e. The first kappa shape index (κ1) is 15.8. The number of nitrogens with one attached hydrogen (secondary N) is 3. The molecular formula is C17H27N3O. The highest BCUT2D eigenvalue weighted by Crippen LogP contribution is 2.43. The molecule has 1 aromatic rings. The maximum atomic E-state index is 11.8. The quantitative estimate of drug-likeness (QED) is 0.717. The molecule has 1 aliphatic rings. The van der Waals surface area contributed by atoms with Crippen LogP contribution in [-0.2, 0) is 0 Å². The van der Waals surface area contributed by atoms with Crippen LogP contribution in [0.5, 0.6) is 0 Å². The molecule has 0 saturated heterocycles. The Bertz CT molecular complexity index is 465. The minimum atomic E-state index is -0.118. The lowest BCUT2D eigenvalue weighted by atomic mass is 10.1. The number of amides is 2. The molecule has 2 amide bonds. The van der Waals surface area contributed by atoms with Gasteiger partial charge < -0.3 is 16.0 Å². The molecule has 1 fully saturated rings. The molecule has 4 nitrogen and oxygen atoms in total. The number of hydrogen-bond acceptors (Lipinski definition) is 2. The van der Waals surface area contributed by atoms with Crippen LogP contribution in [0.4, 0.5) is 10.5 Å². The van der Waals surface area contributed by atoms with Gasteiger partial charge in [0.15, 0.2) is 0 Å². The van der Waals surface area contributed by atoms with E-state index >= 15 is 0 Å². The van der Waals surface area contributed by atoms with Gasteiger partial charge in [-0.1, -0.05) is 26.0 Å². The van der Waals surface area contributed by atoms with Crippen molar-refractivity contribution < 1.29 is 4.79 Å². The van der Waals surface area contributed by atoms with Crippen LogP contribution in [0, 0.1) is 5.41 Å². The van der Waals surface area contributed by atoms with Crippen LogP contribution >= 0.6 is 0 Å². The molecular weight excluding hydrogens is 262 g/mol. The highest BCUT2D eigenvalue weighted by Gasteiger charge is 2.37. The highest BCUT2D eigenvalue weighted by atomic mass is 16.2. The van der Waals surface area contributed by atoms with E-state index in [1.165, 1.54) is 18.4 Å². The Balaban J connectivity index is 1.79. The van der Waals surface area contributed by atoms with Crippen LogP contribution in [0.15, 0.2) is 24.3 Å². The van der Waals surface area contributed by atoms with Gasteiger partial charge in [-0.25, -0.2) is 4.79 Å². The van der Waals surface area contributed by atoms with Gasteiger partial charge in [-0.15, -0.1) is 0 Å². The predicted octanol–water partition coefficient (Wildman–Crippen LogP) is 3.67. The largest absolute Gasteiger partial charge is 0.337 e. The topological polar surface area (TPSA) is 53.2 Å². The number of benzene rings is 1. The van der Waals surface area contributed by atoms with Gasteiger partial charge in [0.05, 0.1) is 0 Å². The Hall–Kier alpha value is -1.55. The molecule has 1 saturated carbocycles. The average Bonchev–Trinajstić information content (AvgIpc) is 3.22. The van der Waals surface area contributed by atoms with Crippen molar-refractivity contribution in [3.8, 4) is 0 Å². The Morgan fingerprint density at radius 2 is 1.95 bits per heavy atom. The van der Waals surface area contributed by atoms with Crippen LogP contribution < -0.4 is 16.0 Å². The maximum Gasteiger partial charge on any atom is 0.319 e. The summed E-state index contributed by atoms with van der Waals surface area (Å²) in [4.78, 5) is 11.8. The van der Waals surface area contributed by atoms with E-state index in [2.05, 4.69) is 48.9 Å². The number of hydrogen-bond donors (Lipinski definition) is 3. The molecule has 1 unspecified atom stereocenters. The second-order valence-electron chi connectivity index (χ2n) is 6.42. The minimum absolute atomic E-state index is 0.118. The number of carbonyl (C=O) groups excluding carboxylic acids is 1. The summed E-state index contributed by atoms with van der Waals surface area (Å²) in [6.07, 6.45) is 3.55. The fourth-order valence-electron chi connectivity index (χ4n) is 2.19. The molecule has 4 heteroatoms. The second-order valence-corrected chi connectivity index (χ2v) is 6.42. The number of anilines is 1. The summed E-state index contributed by atoms with van der Waals surface area (Å²) in [5.41, 5.74) is 2.40. The Kier molecular flexibility index (Phi) is 5.23. The summed E-state index contributed by atoms with van der Waals surface area (Å²) in [6, 6.07) is 8.25. The molecule has 3 N–H and O–H groups in total. The number of rotatable bonds is 7. The molecule has 0 heterocycles. The van der Waals surface area contributed by atoms with Gasteiger partial charge in [0.2, 0.25) is 0 Å². The SMILES string of the molecule is CCCNC(C)c1ccc(NC(=O)NCC2(C)CC2)cc1. The maximum absolute atomic E-state index is 11.8. The molecule has 1 aliphatic carbocycles. The first-order valence-electron chi connectivity index (χ1n) is 7.91. The van der Waals surface area contributed by atoms with E-state index in [0.717, 1.165) is 25.2 Å². The average molecular weight is 289 g/mol. The zero-order chi connectivity index (χ0) is 15.3. The summed E-state index contributed by atoms with van der Waals surface area (Å²) in [5, 5.41) is 9.27. The summed E-state index contributed by atoms with van der Waals surface area (Å²) in [7, 11) is 0. The fraction of sp³-hybridized carbons (Fsp3) is 0.588. The summed E-state index contributed by atoms with van der Waals surface area (Å²) < 4.78 is 0. The van der Waals surface area contributed by atoms with Crippen molar-refractivity contribution in [1.82, 2.24) is 10.6 Å². The molecule has 2 rings (SSSR count). The van der Waals surface area contributed by atoms with Crippen LogP contribution in [-0.4, -0.2) is 19.1 Å². The molecule has 1 aromatic carbocycles. The molecule has 0 spiro atoms. The lowest BCUT2D eigenvalue weighted by molar-refractivity contribution is 0.250. The first-order valence-corrected chi connectivity index (χ1v) is 7.91. The zero-order valence-corrected chi connectivity index (χ0v) is 13.3. The van der Waals surface area contributed by atoms with Gasteiger partial charge in [-0.3, -0.25) is 0 Å². The van der Waals surface area contributed by atoms with E-state index in [1.807, 2.05) is 12.1 Å². The molecule has 21 heavy (non-hydrogen) atoms. The van der Waals surface area contributed by atoms with Crippen molar-refractivity contribution in [3.63, 3.8) is 0 Å². The van der Waals surface area contributed by atoms with Gasteiger partial charge in [0.1, 0.15) is 0 Å². The summed E-state index contributed by atoms with van der Waals surface area (Å²) in [6.45, 7) is 8.29. The Labute approximate surface area is 127 Å². The third kappa shape index (κ3) is 5.05. The van der Waals surface area contributed by atoms with E-state index in [4.69, 9.17) is 0 Å². The summed E-state index contributed by atoms with van der Waals surface area (Å²) >= 11 is 0. The molecule has 1 atom stereocenters. The van der Waals surface area contributed by atoms with Gasteiger partial charge in [0, 0.05) is 18.3 Å². The van der Waals surface area contributed by atoms with E-state index in [9.17, 15) is 4.79 Å². The van der Waals surface area contributed by atoms with E-state index in [0.29, 0.717) is 11.5 Å². The predicted molar refractivity (Wildman–Crippen MR) is 87.5 cm³/mol. The number of urea groups is 1. The monoisotopic (exact) mass is 289 g/mol. The molecule has 116 valence electrons. The van der Waals surface area contributed by atoms with Crippen molar-refractivity contribution in [2.24, 2.45) is 5.41 Å². The van der Waals surface area contributed by atoms with Crippen molar-refractivity contribution in [2.45, 2.75) is 46.1 Å². The van der Waals surface area contributed by atoms with Crippen LogP contribution in [0.3, 0.4) is 0 Å². The van der Waals surface area contributed by atoms with Crippen molar-refractivity contribution in [2.75, 3.05) is 18.4 Å². The summed E-state index contributed by atoms with van der Waals surface area (Å²) in [5.74, 6) is 0. The Morgan fingerprint density at radius 3 is 2.52 bits per heavy atom. The highest BCUT2D eigenvalue weighted by molar-refractivity contribution is 5.89. The fourth-order valence-corrected chi connectivity index (χ4v) is 2.19. The van der Waals surface area contributed by atoms with Gasteiger partial charge in [-0.05, 0) is 55.8 Å². The third-order valence-electron chi connectivity index (χ3n) is 4.15. The van der Waals surface area contributed by atoms with E-state index < -0.39 is 0 Å². The lowest BCUT2D eigenvalue weighted by Gasteiger charge is -2.15. The normalized spacial score (nSPS) is 17.1. The molecule has 0 bridgehead atoms. The van der Waals surface area contributed by atoms with Crippen molar-refractivity contribution in [1.29, 1.82) is 0 Å². The van der Waals surface area contributed by atoms with Gasteiger partial charge in [0.25, 0.3) is 0 Å². The first-order chi connectivity index (χ1) is 10.0. The van der Waals surface area contributed by atoms with Crippen LogP contribution in [0.25, 0.3) is 0 Å². The second kappa shape index (κ2) is 6.94. The van der Waals surface area contributed by atoms with Gasteiger partial charge in [-0.2, -0.15) is 0 Å². The van der Waals surface area contributed by atoms with E-state index in [-0.39, 0.29) is 6.03 Å². The zero-order valence-electron chi connectivity index (χ0n) is 13.3.